The van der Waals surface area contributed by atoms with E-state index in [0.717, 1.165) is 18.4 Å². The third kappa shape index (κ3) is 6.94. The lowest BCUT2D eigenvalue weighted by atomic mass is 9.94. The Morgan fingerprint density at radius 3 is 2.40 bits per heavy atom. The van der Waals surface area contributed by atoms with Crippen molar-refractivity contribution < 1.29 is 23.1 Å². The van der Waals surface area contributed by atoms with Crippen LogP contribution in [0.2, 0.25) is 0 Å². The number of fused-ring (bicyclic) bond motifs is 1. The summed E-state index contributed by atoms with van der Waals surface area (Å²) in [6.07, 6.45) is 3.54. The molecule has 2 amide bonds. The van der Waals surface area contributed by atoms with Crippen molar-refractivity contribution in [1.82, 2.24) is 9.80 Å². The van der Waals surface area contributed by atoms with Gasteiger partial charge in [0.1, 0.15) is 11.4 Å². The maximum absolute atomic E-state index is 14.0. The van der Waals surface area contributed by atoms with Crippen molar-refractivity contribution in [3.8, 4) is 0 Å². The molecule has 0 bridgehead atoms. The van der Waals surface area contributed by atoms with Crippen molar-refractivity contribution in [1.29, 1.82) is 0 Å². The van der Waals surface area contributed by atoms with Crippen LogP contribution in [0.3, 0.4) is 0 Å². The number of nitrogens with zero attached hydrogens (tertiary/aromatic N) is 2. The number of amides is 2. The molecule has 1 aliphatic rings. The number of halogens is 1. The van der Waals surface area contributed by atoms with Crippen LogP contribution in [0.1, 0.15) is 48.8 Å². The molecule has 42 heavy (non-hydrogen) atoms. The van der Waals surface area contributed by atoms with Crippen LogP contribution in [0.5, 0.6) is 0 Å². The Bertz CT molecular complexity index is 1560. The normalized spacial score (nSPS) is 15.4. The Kier molecular flexibility index (Phi) is 9.44. The largest absolute Gasteiger partial charge is 0.464 e. The molecule has 2 unspecified atom stereocenters. The van der Waals surface area contributed by atoms with E-state index in [9.17, 15) is 18.8 Å². The summed E-state index contributed by atoms with van der Waals surface area (Å²) in [5, 5.41) is 0.424. The van der Waals surface area contributed by atoms with Crippen molar-refractivity contribution in [2.45, 2.75) is 51.3 Å². The molecule has 4 aromatic rings. The summed E-state index contributed by atoms with van der Waals surface area (Å²) in [7, 11) is 0. The third-order valence-electron chi connectivity index (χ3n) is 7.75. The van der Waals surface area contributed by atoms with Gasteiger partial charge in [0.25, 0.3) is 0 Å². The SMILES string of the molecule is CCC(C(=O)N(CC(=O)N(Cc1ccc(F)cc1)Cc1coc2ccccc2c1=O)CC1CCCO1)c1ccccc1. The second kappa shape index (κ2) is 13.6. The molecule has 3 aromatic carbocycles. The molecule has 7 nitrogen and oxygen atoms in total. The minimum atomic E-state index is -0.404. The van der Waals surface area contributed by atoms with E-state index in [2.05, 4.69) is 0 Å². The maximum atomic E-state index is 14.0. The molecule has 218 valence electrons. The van der Waals surface area contributed by atoms with Gasteiger partial charge < -0.3 is 19.0 Å². The summed E-state index contributed by atoms with van der Waals surface area (Å²) in [6, 6.07) is 22.4. The number of carbonyl (C=O) groups is 2. The van der Waals surface area contributed by atoms with Crippen LogP contribution in [0.25, 0.3) is 11.0 Å². The molecule has 0 radical (unpaired) electrons. The van der Waals surface area contributed by atoms with Gasteiger partial charge in [0.05, 0.1) is 42.3 Å². The highest BCUT2D eigenvalue weighted by atomic mass is 19.1. The lowest BCUT2D eigenvalue weighted by Crippen LogP contribution is -2.47. The summed E-state index contributed by atoms with van der Waals surface area (Å²) in [5.41, 5.74) is 2.14. The van der Waals surface area contributed by atoms with Gasteiger partial charge in [-0.3, -0.25) is 14.4 Å². The number of ether oxygens (including phenoxy) is 1. The first kappa shape index (κ1) is 29.2. The number of hydrogen-bond donors (Lipinski definition) is 0. The van der Waals surface area contributed by atoms with Crippen molar-refractivity contribution in [2.24, 2.45) is 0 Å². The molecule has 1 aliphatic heterocycles. The predicted octanol–water partition coefficient (Wildman–Crippen LogP) is 5.66. The zero-order valence-corrected chi connectivity index (χ0v) is 23.7. The van der Waals surface area contributed by atoms with Crippen molar-refractivity contribution in [3.63, 3.8) is 0 Å². The van der Waals surface area contributed by atoms with Crippen LogP contribution < -0.4 is 5.43 Å². The Morgan fingerprint density at radius 1 is 0.952 bits per heavy atom. The van der Waals surface area contributed by atoms with Gasteiger partial charge in [0.2, 0.25) is 11.8 Å². The molecular formula is C34H35FN2O5. The van der Waals surface area contributed by atoms with E-state index in [0.29, 0.717) is 41.7 Å². The van der Waals surface area contributed by atoms with Crippen LogP contribution >= 0.6 is 0 Å². The quantitative estimate of drug-likeness (QED) is 0.232. The first-order valence-electron chi connectivity index (χ1n) is 14.4. The minimum Gasteiger partial charge on any atom is -0.464 e. The van der Waals surface area contributed by atoms with Crippen LogP contribution in [-0.4, -0.2) is 47.4 Å². The van der Waals surface area contributed by atoms with Crippen LogP contribution in [0.15, 0.2) is 94.3 Å². The van der Waals surface area contributed by atoms with Gasteiger partial charge in [0, 0.05) is 19.7 Å². The van der Waals surface area contributed by atoms with Gasteiger partial charge >= 0.3 is 0 Å². The highest BCUT2D eigenvalue weighted by Gasteiger charge is 2.31. The van der Waals surface area contributed by atoms with Crippen molar-refractivity contribution in [3.05, 3.63) is 118 Å². The van der Waals surface area contributed by atoms with Gasteiger partial charge in [0.15, 0.2) is 5.43 Å². The standard InChI is InChI=1S/C34H35FN2O5/c1-2-29(25-9-4-3-5-10-25)34(40)37(21-28-11-8-18-41-28)22-32(38)36(19-24-14-16-27(35)17-15-24)20-26-23-42-31-13-7-6-12-30(31)33(26)39/h3-7,9-10,12-17,23,28-29H,2,8,11,18-22H2,1H3. The van der Waals surface area contributed by atoms with Crippen LogP contribution in [-0.2, 0) is 27.4 Å². The van der Waals surface area contributed by atoms with Gasteiger partial charge in [-0.2, -0.15) is 0 Å². The Balaban J connectivity index is 1.44. The van der Waals surface area contributed by atoms with Gasteiger partial charge in [-0.1, -0.05) is 61.5 Å². The molecule has 0 saturated carbocycles. The number of benzene rings is 3. The second-order valence-electron chi connectivity index (χ2n) is 10.7. The molecule has 0 spiro atoms. The fourth-order valence-electron chi connectivity index (χ4n) is 5.46. The Labute approximate surface area is 244 Å². The summed E-state index contributed by atoms with van der Waals surface area (Å²) < 4.78 is 25.2. The summed E-state index contributed by atoms with van der Waals surface area (Å²) >= 11 is 0. The molecule has 1 fully saturated rings. The molecule has 2 heterocycles. The molecule has 0 aliphatic carbocycles. The molecular weight excluding hydrogens is 535 g/mol. The lowest BCUT2D eigenvalue weighted by molar-refractivity contribution is -0.143. The smallest absolute Gasteiger partial charge is 0.242 e. The highest BCUT2D eigenvalue weighted by molar-refractivity contribution is 5.88. The number of para-hydroxylation sites is 1. The van der Waals surface area contributed by atoms with E-state index in [4.69, 9.17) is 9.15 Å². The van der Waals surface area contributed by atoms with E-state index >= 15 is 0 Å². The zero-order valence-electron chi connectivity index (χ0n) is 23.7. The lowest BCUT2D eigenvalue weighted by Gasteiger charge is -2.31. The van der Waals surface area contributed by atoms with E-state index in [1.165, 1.54) is 23.3 Å². The fraction of sp³-hybridized carbons (Fsp3) is 0.324. The molecule has 8 heteroatoms. The Morgan fingerprint density at radius 2 is 1.69 bits per heavy atom. The average Bonchev–Trinajstić information content (AvgIpc) is 3.53. The van der Waals surface area contributed by atoms with Crippen LogP contribution in [0.4, 0.5) is 4.39 Å². The number of carbonyl (C=O) groups excluding carboxylic acids is 2. The van der Waals surface area contributed by atoms with Gasteiger partial charge in [-0.15, -0.1) is 0 Å². The highest BCUT2D eigenvalue weighted by Crippen LogP contribution is 2.24. The first-order valence-corrected chi connectivity index (χ1v) is 14.4. The second-order valence-corrected chi connectivity index (χ2v) is 10.7. The molecule has 1 aromatic heterocycles. The number of hydrogen-bond acceptors (Lipinski definition) is 5. The van der Waals surface area contributed by atoms with Crippen molar-refractivity contribution in [2.75, 3.05) is 19.7 Å². The monoisotopic (exact) mass is 570 g/mol. The molecule has 0 N–H and O–H groups in total. The Hall–Kier alpha value is -4.30. The first-order chi connectivity index (χ1) is 20.4. The van der Waals surface area contributed by atoms with Crippen LogP contribution in [0, 0.1) is 5.82 Å². The zero-order chi connectivity index (χ0) is 29.5. The predicted molar refractivity (Wildman–Crippen MR) is 158 cm³/mol. The summed E-state index contributed by atoms with van der Waals surface area (Å²) in [4.78, 5) is 44.4. The van der Waals surface area contributed by atoms with E-state index < -0.39 is 5.92 Å². The third-order valence-corrected chi connectivity index (χ3v) is 7.75. The minimum absolute atomic E-state index is 0.0266. The van der Waals surface area contributed by atoms with Gasteiger partial charge in [-0.25, -0.2) is 4.39 Å². The fourth-order valence-corrected chi connectivity index (χ4v) is 5.46. The topological polar surface area (TPSA) is 80.1 Å². The molecule has 1 saturated heterocycles. The average molecular weight is 571 g/mol. The number of rotatable bonds is 11. The van der Waals surface area contributed by atoms with E-state index in [1.807, 2.05) is 37.3 Å². The molecule has 2 atom stereocenters. The van der Waals surface area contributed by atoms with Gasteiger partial charge in [-0.05, 0) is 54.7 Å². The summed E-state index contributed by atoms with van der Waals surface area (Å²) in [6.45, 7) is 2.81. The van der Waals surface area contributed by atoms with E-state index in [1.54, 1.807) is 41.3 Å². The molecule has 5 rings (SSSR count). The van der Waals surface area contributed by atoms with E-state index in [-0.39, 0.29) is 48.8 Å². The summed E-state index contributed by atoms with van der Waals surface area (Å²) in [5.74, 6) is -1.26. The maximum Gasteiger partial charge on any atom is 0.242 e. The van der Waals surface area contributed by atoms with Crippen molar-refractivity contribution >= 4 is 22.8 Å².